The van der Waals surface area contributed by atoms with E-state index in [1.807, 2.05) is 44.2 Å². The molecule has 0 unspecified atom stereocenters. The van der Waals surface area contributed by atoms with Crippen LogP contribution >= 0.6 is 0 Å². The van der Waals surface area contributed by atoms with Crippen molar-refractivity contribution in [2.45, 2.75) is 50.8 Å². The van der Waals surface area contributed by atoms with Crippen LogP contribution in [0, 0.1) is 0 Å². The molecule has 1 aromatic rings. The first-order chi connectivity index (χ1) is 10.6. The molecule has 2 aliphatic heterocycles. The van der Waals surface area contributed by atoms with Gasteiger partial charge in [0.25, 0.3) is 0 Å². The molecule has 0 aromatic heterocycles. The van der Waals surface area contributed by atoms with E-state index >= 15 is 0 Å². The minimum atomic E-state index is -0.654. The van der Waals surface area contributed by atoms with Crippen molar-refractivity contribution in [2.24, 2.45) is 0 Å². The molecule has 120 valence electrons. The zero-order valence-electron chi connectivity index (χ0n) is 12.8. The third-order valence-electron chi connectivity index (χ3n) is 3.74. The molecule has 0 radical (unpaired) electrons. The summed E-state index contributed by atoms with van der Waals surface area (Å²) in [6.07, 6.45) is 2.19. The van der Waals surface area contributed by atoms with Crippen molar-refractivity contribution < 1.29 is 24.1 Å². The van der Waals surface area contributed by atoms with Crippen LogP contribution in [-0.4, -0.2) is 42.1 Å². The van der Waals surface area contributed by atoms with Gasteiger partial charge in [0.2, 0.25) is 0 Å². The minimum Gasteiger partial charge on any atom is -0.392 e. The van der Waals surface area contributed by atoms with Crippen molar-refractivity contribution in [1.29, 1.82) is 0 Å². The fourth-order valence-electron chi connectivity index (χ4n) is 2.83. The second-order valence-electron chi connectivity index (χ2n) is 5.94. The van der Waals surface area contributed by atoms with E-state index in [1.54, 1.807) is 12.2 Å². The van der Waals surface area contributed by atoms with E-state index in [-0.39, 0.29) is 24.9 Å². The largest absolute Gasteiger partial charge is 0.392 e. The molecule has 4 atom stereocenters. The molecule has 0 spiro atoms. The quantitative estimate of drug-likeness (QED) is 0.843. The van der Waals surface area contributed by atoms with Crippen LogP contribution in [0.5, 0.6) is 0 Å². The molecule has 0 saturated carbocycles. The van der Waals surface area contributed by atoms with Crippen molar-refractivity contribution >= 4 is 0 Å². The summed E-state index contributed by atoms with van der Waals surface area (Å²) in [4.78, 5) is 0. The molecule has 2 fully saturated rings. The molecule has 2 aliphatic rings. The average molecular weight is 306 g/mol. The lowest BCUT2D eigenvalue weighted by Crippen LogP contribution is -2.31. The maximum absolute atomic E-state index is 8.94. The third kappa shape index (κ3) is 3.39. The summed E-state index contributed by atoms with van der Waals surface area (Å²) in [7, 11) is 0. The number of ether oxygens (including phenoxy) is 4. The molecule has 5 nitrogen and oxygen atoms in total. The van der Waals surface area contributed by atoms with Gasteiger partial charge in [0.1, 0.15) is 18.3 Å². The van der Waals surface area contributed by atoms with Crippen LogP contribution in [0.1, 0.15) is 19.4 Å². The standard InChI is InChI=1S/C17H22O5/c1-17(2)21-14-13(9-6-10-18)20-16(15(14)22-17)19-11-12-7-4-3-5-8-12/h3-9,13-16,18H,10-11H2,1-2H3/b9-6+/t13-,14+,15+,16+/m1/s1. The smallest absolute Gasteiger partial charge is 0.187 e. The number of hydrogen-bond acceptors (Lipinski definition) is 5. The van der Waals surface area contributed by atoms with E-state index in [1.165, 1.54) is 0 Å². The Morgan fingerprint density at radius 3 is 2.64 bits per heavy atom. The van der Waals surface area contributed by atoms with Crippen molar-refractivity contribution in [2.75, 3.05) is 6.61 Å². The average Bonchev–Trinajstić information content (AvgIpc) is 2.98. The van der Waals surface area contributed by atoms with Crippen LogP contribution < -0.4 is 0 Å². The molecule has 2 heterocycles. The van der Waals surface area contributed by atoms with Crippen molar-refractivity contribution in [1.82, 2.24) is 0 Å². The van der Waals surface area contributed by atoms with Crippen molar-refractivity contribution in [3.63, 3.8) is 0 Å². The van der Waals surface area contributed by atoms with Crippen LogP contribution in [0.25, 0.3) is 0 Å². The Balaban J connectivity index is 1.67. The summed E-state index contributed by atoms with van der Waals surface area (Å²) < 4.78 is 23.6. The maximum Gasteiger partial charge on any atom is 0.187 e. The molecule has 0 bridgehead atoms. The monoisotopic (exact) mass is 306 g/mol. The molecule has 1 aromatic carbocycles. The Morgan fingerprint density at radius 1 is 1.18 bits per heavy atom. The molecule has 5 heteroatoms. The van der Waals surface area contributed by atoms with E-state index in [4.69, 9.17) is 24.1 Å². The molecule has 3 rings (SSSR count). The fraction of sp³-hybridized carbons (Fsp3) is 0.529. The molecular weight excluding hydrogens is 284 g/mol. The normalized spacial score (nSPS) is 33.4. The van der Waals surface area contributed by atoms with Gasteiger partial charge in [0, 0.05) is 0 Å². The van der Waals surface area contributed by atoms with Crippen LogP contribution in [0.2, 0.25) is 0 Å². The van der Waals surface area contributed by atoms with Crippen LogP contribution in [-0.2, 0) is 25.6 Å². The SMILES string of the molecule is CC1(C)O[C@@H]2[C@@H](OCc3ccccc3)O[C@H](/C=C/CO)[C@@H]2O1. The highest BCUT2D eigenvalue weighted by atomic mass is 16.8. The summed E-state index contributed by atoms with van der Waals surface area (Å²) >= 11 is 0. The number of benzene rings is 1. The van der Waals surface area contributed by atoms with Gasteiger partial charge in [0.15, 0.2) is 12.1 Å². The van der Waals surface area contributed by atoms with Gasteiger partial charge >= 0.3 is 0 Å². The Bertz CT molecular complexity index is 513. The molecule has 22 heavy (non-hydrogen) atoms. The highest BCUT2D eigenvalue weighted by molar-refractivity contribution is 5.13. The number of aliphatic hydroxyl groups excluding tert-OH is 1. The predicted octanol–water partition coefficient (Wildman–Crippen LogP) is 2.00. The first-order valence-electron chi connectivity index (χ1n) is 7.53. The van der Waals surface area contributed by atoms with Gasteiger partial charge in [0.05, 0.1) is 13.2 Å². The number of fused-ring (bicyclic) bond motifs is 1. The van der Waals surface area contributed by atoms with E-state index < -0.39 is 12.1 Å². The second kappa shape index (κ2) is 6.48. The Morgan fingerprint density at radius 2 is 1.91 bits per heavy atom. The molecular formula is C17H22O5. The molecule has 1 N–H and O–H groups in total. The second-order valence-corrected chi connectivity index (χ2v) is 5.94. The lowest BCUT2D eigenvalue weighted by Gasteiger charge is -2.23. The summed E-state index contributed by atoms with van der Waals surface area (Å²) in [5, 5.41) is 8.94. The van der Waals surface area contributed by atoms with Crippen LogP contribution in [0.3, 0.4) is 0 Å². The highest BCUT2D eigenvalue weighted by Crippen LogP contribution is 2.39. The molecule has 2 saturated heterocycles. The van der Waals surface area contributed by atoms with E-state index in [0.29, 0.717) is 6.61 Å². The predicted molar refractivity (Wildman–Crippen MR) is 79.9 cm³/mol. The van der Waals surface area contributed by atoms with Gasteiger partial charge in [-0.3, -0.25) is 0 Å². The van der Waals surface area contributed by atoms with E-state index in [2.05, 4.69) is 0 Å². The van der Waals surface area contributed by atoms with Crippen molar-refractivity contribution in [3.05, 3.63) is 48.0 Å². The summed E-state index contributed by atoms with van der Waals surface area (Å²) in [5.41, 5.74) is 1.08. The molecule has 0 aliphatic carbocycles. The summed E-state index contributed by atoms with van der Waals surface area (Å²) in [6, 6.07) is 9.93. The van der Waals surface area contributed by atoms with Gasteiger partial charge in [-0.25, -0.2) is 0 Å². The lowest BCUT2D eigenvalue weighted by molar-refractivity contribution is -0.231. The first kappa shape index (κ1) is 15.6. The Hall–Kier alpha value is -1.24. The third-order valence-corrected chi connectivity index (χ3v) is 3.74. The lowest BCUT2D eigenvalue weighted by atomic mass is 10.1. The maximum atomic E-state index is 8.94. The molecule has 0 amide bonds. The van der Waals surface area contributed by atoms with Gasteiger partial charge in [-0.05, 0) is 19.4 Å². The fourth-order valence-corrected chi connectivity index (χ4v) is 2.83. The van der Waals surface area contributed by atoms with Gasteiger partial charge in [-0.15, -0.1) is 0 Å². The number of hydrogen-bond donors (Lipinski definition) is 1. The summed E-state index contributed by atoms with van der Waals surface area (Å²) in [6.45, 7) is 4.19. The van der Waals surface area contributed by atoms with Gasteiger partial charge < -0.3 is 24.1 Å². The Labute approximate surface area is 130 Å². The number of rotatable bonds is 5. The van der Waals surface area contributed by atoms with Crippen LogP contribution in [0.4, 0.5) is 0 Å². The minimum absolute atomic E-state index is 0.0307. The number of aliphatic hydroxyl groups is 1. The summed E-state index contributed by atoms with van der Waals surface area (Å²) in [5.74, 6) is -0.654. The van der Waals surface area contributed by atoms with E-state index in [0.717, 1.165) is 5.56 Å². The topological polar surface area (TPSA) is 57.2 Å². The zero-order chi connectivity index (χ0) is 15.6. The first-order valence-corrected chi connectivity index (χ1v) is 7.53. The Kier molecular flexibility index (Phi) is 4.61. The van der Waals surface area contributed by atoms with E-state index in [9.17, 15) is 0 Å². The van der Waals surface area contributed by atoms with Crippen LogP contribution in [0.15, 0.2) is 42.5 Å². The van der Waals surface area contributed by atoms with Gasteiger partial charge in [-0.1, -0.05) is 42.5 Å². The van der Waals surface area contributed by atoms with Gasteiger partial charge in [-0.2, -0.15) is 0 Å². The van der Waals surface area contributed by atoms with Crippen molar-refractivity contribution in [3.8, 4) is 0 Å². The zero-order valence-corrected chi connectivity index (χ0v) is 12.8. The highest BCUT2D eigenvalue weighted by Gasteiger charge is 2.55.